The number of nitrogens with one attached hydrogen (secondary N) is 1. The third-order valence-electron chi connectivity index (χ3n) is 2.79. The number of amides is 1. The predicted octanol–water partition coefficient (Wildman–Crippen LogP) is 2.54. The van der Waals surface area contributed by atoms with Crippen molar-refractivity contribution in [2.24, 2.45) is 0 Å². The first-order valence-electron chi connectivity index (χ1n) is 6.47. The quantitative estimate of drug-likeness (QED) is 0.876. The number of nitrogens with zero attached hydrogens (tertiary/aromatic N) is 2. The summed E-state index contributed by atoms with van der Waals surface area (Å²) in [7, 11) is 0. The van der Waals surface area contributed by atoms with Gasteiger partial charge >= 0.3 is 5.97 Å². The van der Waals surface area contributed by atoms with Crippen LogP contribution in [0.1, 0.15) is 21.7 Å². The number of carbonyl (C=O) groups is 2. The van der Waals surface area contributed by atoms with Crippen LogP contribution in [0.4, 0.5) is 5.69 Å². The standard InChI is InChI=1S/C15H14ClN3O3/c1-9-5-11(16)3-4-12(9)19-14(20)8-22-15(21)13-7-17-10(2)6-18-13/h3-7H,8H2,1-2H3,(H,19,20). The van der Waals surface area contributed by atoms with E-state index in [4.69, 9.17) is 16.3 Å². The normalized spacial score (nSPS) is 10.1. The number of anilines is 1. The Morgan fingerprint density at radius 1 is 1.23 bits per heavy atom. The zero-order valence-electron chi connectivity index (χ0n) is 12.1. The van der Waals surface area contributed by atoms with Gasteiger partial charge in [-0.15, -0.1) is 0 Å². The van der Waals surface area contributed by atoms with Gasteiger partial charge in [0, 0.05) is 16.9 Å². The van der Waals surface area contributed by atoms with E-state index >= 15 is 0 Å². The first-order chi connectivity index (χ1) is 10.5. The van der Waals surface area contributed by atoms with Crippen LogP contribution >= 0.6 is 11.6 Å². The van der Waals surface area contributed by atoms with Gasteiger partial charge < -0.3 is 10.1 Å². The first-order valence-corrected chi connectivity index (χ1v) is 6.85. The van der Waals surface area contributed by atoms with Crippen molar-refractivity contribution < 1.29 is 14.3 Å². The Morgan fingerprint density at radius 3 is 2.64 bits per heavy atom. The molecule has 6 nitrogen and oxygen atoms in total. The molecule has 2 aromatic rings. The van der Waals surface area contributed by atoms with Crippen LogP contribution in [-0.4, -0.2) is 28.5 Å². The molecule has 2 rings (SSSR count). The second-order valence-corrected chi connectivity index (χ2v) is 5.06. The molecule has 0 aliphatic rings. The molecule has 0 aliphatic carbocycles. The van der Waals surface area contributed by atoms with E-state index in [2.05, 4.69) is 15.3 Å². The highest BCUT2D eigenvalue weighted by Gasteiger charge is 2.12. The summed E-state index contributed by atoms with van der Waals surface area (Å²) in [6, 6.07) is 5.08. The first kappa shape index (κ1) is 15.9. The van der Waals surface area contributed by atoms with Crippen LogP contribution in [0.15, 0.2) is 30.6 Å². The van der Waals surface area contributed by atoms with Gasteiger partial charge in [-0.1, -0.05) is 11.6 Å². The summed E-state index contributed by atoms with van der Waals surface area (Å²) in [6.45, 7) is 3.16. The zero-order valence-corrected chi connectivity index (χ0v) is 12.8. The molecule has 0 spiro atoms. The minimum atomic E-state index is -0.699. The van der Waals surface area contributed by atoms with Crippen molar-refractivity contribution in [3.8, 4) is 0 Å². The van der Waals surface area contributed by atoms with E-state index in [0.717, 1.165) is 5.56 Å². The van der Waals surface area contributed by atoms with Crippen LogP contribution < -0.4 is 5.32 Å². The van der Waals surface area contributed by atoms with Gasteiger partial charge in [-0.2, -0.15) is 0 Å². The maximum Gasteiger partial charge on any atom is 0.359 e. The molecule has 1 aromatic carbocycles. The lowest BCUT2D eigenvalue weighted by atomic mass is 10.2. The lowest BCUT2D eigenvalue weighted by Gasteiger charge is -2.09. The van der Waals surface area contributed by atoms with Crippen molar-refractivity contribution in [3.05, 3.63) is 52.6 Å². The summed E-state index contributed by atoms with van der Waals surface area (Å²) in [5.74, 6) is -1.14. The highest BCUT2D eigenvalue weighted by Crippen LogP contribution is 2.19. The van der Waals surface area contributed by atoms with Crippen LogP contribution in [0, 0.1) is 13.8 Å². The molecule has 1 N–H and O–H groups in total. The molecule has 1 amide bonds. The summed E-state index contributed by atoms with van der Waals surface area (Å²) in [4.78, 5) is 31.3. The van der Waals surface area contributed by atoms with Gasteiger partial charge in [0.2, 0.25) is 0 Å². The van der Waals surface area contributed by atoms with Crippen molar-refractivity contribution in [1.29, 1.82) is 0 Å². The zero-order chi connectivity index (χ0) is 16.1. The predicted molar refractivity (Wildman–Crippen MR) is 81.9 cm³/mol. The summed E-state index contributed by atoms with van der Waals surface area (Å²) >= 11 is 5.84. The van der Waals surface area contributed by atoms with E-state index in [1.807, 2.05) is 6.92 Å². The lowest BCUT2D eigenvalue weighted by Crippen LogP contribution is -2.21. The monoisotopic (exact) mass is 319 g/mol. The number of rotatable bonds is 4. The largest absolute Gasteiger partial charge is 0.451 e. The molecule has 0 radical (unpaired) electrons. The fourth-order valence-corrected chi connectivity index (χ4v) is 1.88. The Morgan fingerprint density at radius 2 is 2.00 bits per heavy atom. The molecule has 0 unspecified atom stereocenters. The van der Waals surface area contributed by atoms with Gasteiger partial charge in [0.25, 0.3) is 5.91 Å². The van der Waals surface area contributed by atoms with Crippen LogP contribution in [0.2, 0.25) is 5.02 Å². The molecule has 0 atom stereocenters. The number of hydrogen-bond acceptors (Lipinski definition) is 5. The van der Waals surface area contributed by atoms with Crippen molar-refractivity contribution in [2.75, 3.05) is 11.9 Å². The summed E-state index contributed by atoms with van der Waals surface area (Å²) in [5.41, 5.74) is 2.17. The van der Waals surface area contributed by atoms with Crippen molar-refractivity contribution in [3.63, 3.8) is 0 Å². The van der Waals surface area contributed by atoms with Gasteiger partial charge in [0.15, 0.2) is 12.3 Å². The maximum absolute atomic E-state index is 11.8. The third kappa shape index (κ3) is 4.26. The van der Waals surface area contributed by atoms with Crippen LogP contribution in [0.3, 0.4) is 0 Å². The molecular weight excluding hydrogens is 306 g/mol. The minimum Gasteiger partial charge on any atom is -0.451 e. The fraction of sp³-hybridized carbons (Fsp3) is 0.200. The average molecular weight is 320 g/mol. The second-order valence-electron chi connectivity index (χ2n) is 4.63. The summed E-state index contributed by atoms with van der Waals surface area (Å²) in [6.07, 6.45) is 2.76. The van der Waals surface area contributed by atoms with Gasteiger partial charge in [-0.05, 0) is 37.6 Å². The molecule has 0 aliphatic heterocycles. The van der Waals surface area contributed by atoms with Crippen LogP contribution in [0.5, 0.6) is 0 Å². The van der Waals surface area contributed by atoms with E-state index in [0.29, 0.717) is 16.4 Å². The van der Waals surface area contributed by atoms with Gasteiger partial charge in [-0.25, -0.2) is 9.78 Å². The SMILES string of the molecule is Cc1cnc(C(=O)OCC(=O)Nc2ccc(Cl)cc2C)cn1. The van der Waals surface area contributed by atoms with Gasteiger partial charge in [0.05, 0.1) is 11.9 Å². The molecule has 0 fully saturated rings. The number of benzene rings is 1. The number of carbonyl (C=O) groups excluding carboxylic acids is 2. The summed E-state index contributed by atoms with van der Waals surface area (Å²) in [5, 5.41) is 3.23. The smallest absolute Gasteiger partial charge is 0.359 e. The van der Waals surface area contributed by atoms with Crippen molar-refractivity contribution >= 4 is 29.2 Å². The molecule has 114 valence electrons. The van der Waals surface area contributed by atoms with E-state index in [1.54, 1.807) is 25.1 Å². The highest BCUT2D eigenvalue weighted by molar-refractivity contribution is 6.30. The van der Waals surface area contributed by atoms with E-state index in [1.165, 1.54) is 12.4 Å². The number of aromatic nitrogens is 2. The molecule has 1 heterocycles. The summed E-state index contributed by atoms with van der Waals surface area (Å²) < 4.78 is 4.89. The Bertz CT molecular complexity index is 702. The second kappa shape index (κ2) is 7.00. The van der Waals surface area contributed by atoms with E-state index in [9.17, 15) is 9.59 Å². The molecule has 0 saturated carbocycles. The van der Waals surface area contributed by atoms with Crippen molar-refractivity contribution in [1.82, 2.24) is 9.97 Å². The number of esters is 1. The average Bonchev–Trinajstić information content (AvgIpc) is 2.48. The van der Waals surface area contributed by atoms with Crippen LogP contribution in [0.25, 0.3) is 0 Å². The molecule has 1 aromatic heterocycles. The lowest BCUT2D eigenvalue weighted by molar-refractivity contribution is -0.119. The molecule has 7 heteroatoms. The minimum absolute atomic E-state index is 0.0565. The van der Waals surface area contributed by atoms with Gasteiger partial charge in [-0.3, -0.25) is 9.78 Å². The number of ether oxygens (including phenoxy) is 1. The molecule has 0 saturated heterocycles. The van der Waals surface area contributed by atoms with Crippen LogP contribution in [-0.2, 0) is 9.53 Å². The Hall–Kier alpha value is -2.47. The molecule has 22 heavy (non-hydrogen) atoms. The van der Waals surface area contributed by atoms with E-state index < -0.39 is 18.5 Å². The third-order valence-corrected chi connectivity index (χ3v) is 3.02. The number of halogens is 1. The number of hydrogen-bond donors (Lipinski definition) is 1. The van der Waals surface area contributed by atoms with Gasteiger partial charge in [0.1, 0.15) is 0 Å². The highest BCUT2D eigenvalue weighted by atomic mass is 35.5. The Kier molecular flexibility index (Phi) is 5.06. The number of aryl methyl sites for hydroxylation is 2. The van der Waals surface area contributed by atoms with E-state index in [-0.39, 0.29) is 5.69 Å². The Labute approximate surface area is 132 Å². The maximum atomic E-state index is 11.8. The fourth-order valence-electron chi connectivity index (χ4n) is 1.66. The van der Waals surface area contributed by atoms with Crippen molar-refractivity contribution in [2.45, 2.75) is 13.8 Å². The Balaban J connectivity index is 1.89. The topological polar surface area (TPSA) is 81.2 Å². The molecular formula is C15H14ClN3O3. The molecule has 0 bridgehead atoms.